The molecule has 0 aliphatic carbocycles. The molecule has 3 aromatic carbocycles. The topological polar surface area (TPSA) is 79.0 Å². The molecule has 7 nitrogen and oxygen atoms in total. The number of benzene rings is 3. The van der Waals surface area contributed by atoms with Crippen molar-refractivity contribution in [3.8, 4) is 5.75 Å². The van der Waals surface area contributed by atoms with Crippen LogP contribution in [0.3, 0.4) is 0 Å². The van der Waals surface area contributed by atoms with Crippen LogP contribution in [0.5, 0.6) is 5.75 Å². The highest BCUT2D eigenvalue weighted by atomic mass is 32.2. The molecule has 8 heteroatoms. The number of methoxy groups -OCH3 is 1. The smallest absolute Gasteiger partial charge is 0.244 e. The second-order valence-corrected chi connectivity index (χ2v) is 10.1. The lowest BCUT2D eigenvalue weighted by molar-refractivity contribution is -0.126. The summed E-state index contributed by atoms with van der Waals surface area (Å²) in [5.41, 5.74) is 2.07. The van der Waals surface area contributed by atoms with Crippen molar-refractivity contribution < 1.29 is 17.9 Å². The van der Waals surface area contributed by atoms with E-state index >= 15 is 0 Å². The van der Waals surface area contributed by atoms with Crippen molar-refractivity contribution in [1.82, 2.24) is 14.5 Å². The van der Waals surface area contributed by atoms with Crippen molar-refractivity contribution in [2.24, 2.45) is 0 Å². The number of carbonyl (C=O) groups excluding carboxylic acids is 1. The minimum atomic E-state index is -3.90. The van der Waals surface area contributed by atoms with E-state index < -0.39 is 16.1 Å². The van der Waals surface area contributed by atoms with Crippen LogP contribution in [-0.2, 0) is 27.9 Å². The highest BCUT2D eigenvalue weighted by Crippen LogP contribution is 2.25. The molecule has 1 atom stereocenters. The zero-order valence-electron chi connectivity index (χ0n) is 19.1. The molecule has 0 radical (unpaired) electrons. The summed E-state index contributed by atoms with van der Waals surface area (Å²) in [6, 6.07) is 25.1. The number of piperazine rings is 1. The fraction of sp³-hybridized carbons (Fsp3) is 0.269. The Hall–Kier alpha value is -3.20. The normalized spacial score (nSPS) is 17.3. The van der Waals surface area contributed by atoms with E-state index in [0.29, 0.717) is 31.9 Å². The number of nitrogens with one attached hydrogen (secondary N) is 1. The molecular weight excluding hydrogens is 450 g/mol. The molecule has 4 rings (SSSR count). The molecular formula is C26H29N3O4S. The van der Waals surface area contributed by atoms with Gasteiger partial charge in [0, 0.05) is 38.8 Å². The van der Waals surface area contributed by atoms with Crippen LogP contribution in [0.25, 0.3) is 0 Å². The quantitative estimate of drug-likeness (QED) is 0.538. The molecule has 0 bridgehead atoms. The monoisotopic (exact) mass is 479 g/mol. The summed E-state index contributed by atoms with van der Waals surface area (Å²) in [6.45, 7) is 2.04. The van der Waals surface area contributed by atoms with Gasteiger partial charge in [-0.15, -0.1) is 0 Å². The van der Waals surface area contributed by atoms with Gasteiger partial charge in [-0.2, -0.15) is 4.31 Å². The fourth-order valence-electron chi connectivity index (χ4n) is 4.11. The van der Waals surface area contributed by atoms with Crippen molar-refractivity contribution >= 4 is 15.9 Å². The third-order valence-electron chi connectivity index (χ3n) is 5.92. The van der Waals surface area contributed by atoms with Crippen LogP contribution in [0, 0.1) is 0 Å². The highest BCUT2D eigenvalue weighted by Gasteiger charge is 2.40. The molecule has 1 aliphatic rings. The first-order chi connectivity index (χ1) is 16.5. The summed E-state index contributed by atoms with van der Waals surface area (Å²) in [5.74, 6) is 0.141. The Kier molecular flexibility index (Phi) is 7.62. The SMILES string of the molecule is COc1cccc(S(=O)(=O)N2CCN(Cc3ccccc3)CC2C(=O)NCc2ccccc2)c1. The van der Waals surface area contributed by atoms with E-state index in [-0.39, 0.29) is 17.3 Å². The van der Waals surface area contributed by atoms with E-state index in [2.05, 4.69) is 10.2 Å². The molecule has 1 unspecified atom stereocenters. The Morgan fingerprint density at radius 1 is 0.941 bits per heavy atom. The predicted octanol–water partition coefficient (Wildman–Crippen LogP) is 2.89. The maximum absolute atomic E-state index is 13.6. The zero-order valence-corrected chi connectivity index (χ0v) is 19.9. The van der Waals surface area contributed by atoms with E-state index in [9.17, 15) is 13.2 Å². The lowest BCUT2D eigenvalue weighted by Crippen LogP contribution is -2.60. The van der Waals surface area contributed by atoms with Gasteiger partial charge in [0.15, 0.2) is 0 Å². The number of carbonyl (C=O) groups is 1. The summed E-state index contributed by atoms with van der Waals surface area (Å²) in [5, 5.41) is 2.93. The van der Waals surface area contributed by atoms with Crippen molar-refractivity contribution in [1.29, 1.82) is 0 Å². The van der Waals surface area contributed by atoms with E-state index in [0.717, 1.165) is 11.1 Å². The minimum absolute atomic E-state index is 0.115. The molecule has 1 aliphatic heterocycles. The van der Waals surface area contributed by atoms with Crippen LogP contribution in [-0.4, -0.2) is 56.3 Å². The molecule has 1 saturated heterocycles. The minimum Gasteiger partial charge on any atom is -0.497 e. The molecule has 1 fully saturated rings. The van der Waals surface area contributed by atoms with Crippen molar-refractivity contribution in [3.63, 3.8) is 0 Å². The number of amides is 1. The van der Waals surface area contributed by atoms with E-state index in [1.165, 1.54) is 23.5 Å². The van der Waals surface area contributed by atoms with Crippen LogP contribution in [0.1, 0.15) is 11.1 Å². The number of sulfonamides is 1. The Labute approximate surface area is 201 Å². The van der Waals surface area contributed by atoms with Gasteiger partial charge in [0.2, 0.25) is 15.9 Å². The second kappa shape index (κ2) is 10.8. The van der Waals surface area contributed by atoms with Crippen molar-refractivity contribution in [3.05, 3.63) is 96.1 Å². The molecule has 0 saturated carbocycles. The molecule has 1 heterocycles. The average molecular weight is 480 g/mol. The molecule has 0 aromatic heterocycles. The summed E-state index contributed by atoms with van der Waals surface area (Å²) < 4.78 is 33.7. The van der Waals surface area contributed by atoms with E-state index in [1.807, 2.05) is 60.7 Å². The second-order valence-electron chi connectivity index (χ2n) is 8.23. The Morgan fingerprint density at radius 2 is 1.62 bits per heavy atom. The molecule has 1 N–H and O–H groups in total. The first-order valence-corrected chi connectivity index (χ1v) is 12.7. The lowest BCUT2D eigenvalue weighted by atomic mass is 10.1. The number of ether oxygens (including phenoxy) is 1. The average Bonchev–Trinajstić information content (AvgIpc) is 2.88. The van der Waals surface area contributed by atoms with Gasteiger partial charge in [-0.05, 0) is 23.3 Å². The summed E-state index contributed by atoms with van der Waals surface area (Å²) in [6.07, 6.45) is 0. The van der Waals surface area contributed by atoms with Gasteiger partial charge in [0.25, 0.3) is 0 Å². The van der Waals surface area contributed by atoms with Gasteiger partial charge >= 0.3 is 0 Å². The first-order valence-electron chi connectivity index (χ1n) is 11.2. The van der Waals surface area contributed by atoms with Crippen LogP contribution in [0.15, 0.2) is 89.8 Å². The Morgan fingerprint density at radius 3 is 2.29 bits per heavy atom. The van der Waals surface area contributed by atoms with Crippen molar-refractivity contribution in [2.75, 3.05) is 26.7 Å². The van der Waals surface area contributed by atoms with E-state index in [4.69, 9.17) is 4.74 Å². The largest absolute Gasteiger partial charge is 0.497 e. The zero-order chi connectivity index (χ0) is 24.0. The molecule has 34 heavy (non-hydrogen) atoms. The van der Waals surface area contributed by atoms with Gasteiger partial charge < -0.3 is 10.1 Å². The maximum Gasteiger partial charge on any atom is 0.244 e. The van der Waals surface area contributed by atoms with Crippen LogP contribution >= 0.6 is 0 Å². The third-order valence-corrected chi connectivity index (χ3v) is 7.83. The fourth-order valence-corrected chi connectivity index (χ4v) is 5.72. The van der Waals surface area contributed by atoms with Crippen LogP contribution in [0.4, 0.5) is 0 Å². The Balaban J connectivity index is 1.57. The molecule has 178 valence electrons. The standard InChI is InChI=1S/C26H29N3O4S/c1-33-23-13-8-14-24(17-23)34(31,32)29-16-15-28(19-22-11-6-3-7-12-22)20-25(29)26(30)27-18-21-9-4-2-5-10-21/h2-14,17,25H,15-16,18-20H2,1H3,(H,27,30). The summed E-state index contributed by atoms with van der Waals surface area (Å²) in [4.78, 5) is 15.6. The number of hydrogen-bond acceptors (Lipinski definition) is 5. The molecule has 3 aromatic rings. The first kappa shape index (κ1) is 23.9. The van der Waals surface area contributed by atoms with Gasteiger partial charge in [0.1, 0.15) is 11.8 Å². The number of rotatable bonds is 8. The van der Waals surface area contributed by atoms with E-state index in [1.54, 1.807) is 12.1 Å². The number of nitrogens with zero attached hydrogens (tertiary/aromatic N) is 2. The Bertz CT molecular complexity index is 1200. The third kappa shape index (κ3) is 5.64. The van der Waals surface area contributed by atoms with Crippen LogP contribution < -0.4 is 10.1 Å². The van der Waals surface area contributed by atoms with Gasteiger partial charge in [-0.1, -0.05) is 66.7 Å². The highest BCUT2D eigenvalue weighted by molar-refractivity contribution is 7.89. The predicted molar refractivity (Wildman–Crippen MR) is 131 cm³/mol. The number of hydrogen-bond donors (Lipinski definition) is 1. The van der Waals surface area contributed by atoms with Gasteiger partial charge in [-0.3, -0.25) is 9.69 Å². The summed E-state index contributed by atoms with van der Waals surface area (Å²) in [7, 11) is -2.41. The van der Waals surface area contributed by atoms with Gasteiger partial charge in [-0.25, -0.2) is 8.42 Å². The summed E-state index contributed by atoms with van der Waals surface area (Å²) >= 11 is 0. The lowest BCUT2D eigenvalue weighted by Gasteiger charge is -2.39. The van der Waals surface area contributed by atoms with Crippen LogP contribution in [0.2, 0.25) is 0 Å². The molecule has 0 spiro atoms. The maximum atomic E-state index is 13.6. The van der Waals surface area contributed by atoms with Gasteiger partial charge in [0.05, 0.1) is 12.0 Å². The molecule has 1 amide bonds. The van der Waals surface area contributed by atoms with Crippen molar-refractivity contribution in [2.45, 2.75) is 24.0 Å².